The van der Waals surface area contributed by atoms with Crippen molar-refractivity contribution >= 4 is 45.7 Å². The highest BCUT2D eigenvalue weighted by Crippen LogP contribution is 2.41. The van der Waals surface area contributed by atoms with E-state index in [9.17, 15) is 4.79 Å². The van der Waals surface area contributed by atoms with Crippen LogP contribution in [-0.2, 0) is 25.9 Å². The summed E-state index contributed by atoms with van der Waals surface area (Å²) in [6, 6.07) is 19.5. The Morgan fingerprint density at radius 3 is 2.62 bits per heavy atom. The minimum atomic E-state index is -0.115. The highest BCUT2D eigenvalue weighted by atomic mass is 35.5. The van der Waals surface area contributed by atoms with Gasteiger partial charge >= 0.3 is 0 Å². The SMILES string of the molecule is C=CCc1cc(C=Nc2sc3c(c2C(=O)Nc2ccc(C)cc2)CCCC3)cc(OCC)c1OCc1ccccc1Cl. The number of nitrogens with zero attached hydrogens (tertiary/aromatic N) is 1. The van der Waals surface area contributed by atoms with Crippen LogP contribution >= 0.6 is 22.9 Å². The second-order valence-corrected chi connectivity index (χ2v) is 11.8. The van der Waals surface area contributed by atoms with Gasteiger partial charge < -0.3 is 14.8 Å². The fourth-order valence-corrected chi connectivity index (χ4v) is 6.52. The standard InChI is InChI=1S/C35H35ClN2O3S/c1-4-10-25-19-24(20-30(40-5-2)33(25)41-22-26-11-6-8-13-29(26)36)21-37-35-32(28-12-7-9-14-31(28)42-35)34(39)38-27-17-15-23(3)16-18-27/h4,6,8,11,13,15-21H,1,5,7,9-10,12,14,22H2,2-3H3,(H,38,39). The lowest BCUT2D eigenvalue weighted by Gasteiger charge is -2.17. The van der Waals surface area contributed by atoms with E-state index >= 15 is 0 Å². The zero-order valence-corrected chi connectivity index (χ0v) is 25.6. The number of hydrogen-bond acceptors (Lipinski definition) is 5. The normalized spacial score (nSPS) is 12.6. The smallest absolute Gasteiger partial charge is 0.259 e. The van der Waals surface area contributed by atoms with Crippen molar-refractivity contribution in [2.45, 2.75) is 52.6 Å². The number of ether oxygens (including phenoxy) is 2. The molecule has 0 bridgehead atoms. The quantitative estimate of drug-likeness (QED) is 0.138. The minimum Gasteiger partial charge on any atom is -0.490 e. The molecule has 1 aromatic heterocycles. The molecule has 1 aliphatic carbocycles. The lowest BCUT2D eigenvalue weighted by Crippen LogP contribution is -2.14. The number of aliphatic imine (C=N–C) groups is 1. The van der Waals surface area contributed by atoms with Gasteiger partial charge in [0.1, 0.15) is 11.6 Å². The molecule has 0 saturated carbocycles. The van der Waals surface area contributed by atoms with Crippen molar-refractivity contribution in [1.29, 1.82) is 0 Å². The first-order valence-electron chi connectivity index (χ1n) is 14.3. The first kappa shape index (κ1) is 29.6. The third-order valence-electron chi connectivity index (χ3n) is 7.17. The Labute approximate surface area is 256 Å². The first-order valence-corrected chi connectivity index (χ1v) is 15.5. The molecule has 3 aromatic carbocycles. The summed E-state index contributed by atoms with van der Waals surface area (Å²) < 4.78 is 12.3. The average Bonchev–Trinajstić information content (AvgIpc) is 3.36. The number of allylic oxidation sites excluding steroid dienone is 1. The Hall–Kier alpha value is -3.87. The maximum atomic E-state index is 13.6. The number of anilines is 1. The van der Waals surface area contributed by atoms with Crippen LogP contribution in [0.1, 0.15) is 62.8 Å². The van der Waals surface area contributed by atoms with E-state index in [0.29, 0.717) is 41.7 Å². The molecule has 216 valence electrons. The second-order valence-electron chi connectivity index (χ2n) is 10.3. The summed E-state index contributed by atoms with van der Waals surface area (Å²) in [5.74, 6) is 1.18. The first-order chi connectivity index (χ1) is 20.5. The van der Waals surface area contributed by atoms with E-state index < -0.39 is 0 Å². The number of halogens is 1. The van der Waals surface area contributed by atoms with Gasteiger partial charge in [-0.1, -0.05) is 53.6 Å². The molecule has 0 atom stereocenters. The lowest BCUT2D eigenvalue weighted by atomic mass is 9.95. The number of carbonyl (C=O) groups excluding carboxylic acids is 1. The molecule has 1 amide bonds. The summed E-state index contributed by atoms with van der Waals surface area (Å²) in [5, 5.41) is 4.48. The van der Waals surface area contributed by atoms with Crippen molar-refractivity contribution in [2.24, 2.45) is 4.99 Å². The minimum absolute atomic E-state index is 0.115. The number of carbonyl (C=O) groups is 1. The molecule has 0 saturated heterocycles. The van der Waals surface area contributed by atoms with Crippen LogP contribution in [0, 0.1) is 6.92 Å². The highest BCUT2D eigenvalue weighted by Gasteiger charge is 2.25. The molecule has 7 heteroatoms. The van der Waals surface area contributed by atoms with Crippen molar-refractivity contribution in [3.63, 3.8) is 0 Å². The molecule has 1 aliphatic rings. The maximum absolute atomic E-state index is 13.6. The second kappa shape index (κ2) is 13.9. The summed E-state index contributed by atoms with van der Waals surface area (Å²) in [4.78, 5) is 19.7. The van der Waals surface area contributed by atoms with Crippen molar-refractivity contribution < 1.29 is 14.3 Å². The van der Waals surface area contributed by atoms with Gasteiger partial charge in [0.25, 0.3) is 5.91 Å². The summed E-state index contributed by atoms with van der Waals surface area (Å²) in [6.45, 7) is 8.72. The molecule has 0 radical (unpaired) electrons. The van der Waals surface area contributed by atoms with Crippen LogP contribution in [0.2, 0.25) is 5.02 Å². The Bertz CT molecular complexity index is 1610. The molecule has 1 heterocycles. The van der Waals surface area contributed by atoms with Gasteiger partial charge in [0.05, 0.1) is 12.2 Å². The molecule has 1 N–H and O–H groups in total. The van der Waals surface area contributed by atoms with E-state index in [-0.39, 0.29) is 5.91 Å². The van der Waals surface area contributed by atoms with Crippen LogP contribution in [0.4, 0.5) is 10.7 Å². The number of thiophene rings is 1. The summed E-state index contributed by atoms with van der Waals surface area (Å²) >= 11 is 7.99. The average molecular weight is 599 g/mol. The number of benzene rings is 3. The largest absolute Gasteiger partial charge is 0.490 e. The monoisotopic (exact) mass is 598 g/mol. The lowest BCUT2D eigenvalue weighted by molar-refractivity contribution is 0.102. The Morgan fingerprint density at radius 1 is 1.07 bits per heavy atom. The molecule has 5 nitrogen and oxygen atoms in total. The van der Waals surface area contributed by atoms with Gasteiger partial charge in [0.15, 0.2) is 11.5 Å². The maximum Gasteiger partial charge on any atom is 0.259 e. The third kappa shape index (κ3) is 6.94. The molecule has 0 unspecified atom stereocenters. The number of fused-ring (bicyclic) bond motifs is 1. The van der Waals surface area contributed by atoms with Crippen LogP contribution in [0.3, 0.4) is 0 Å². The topological polar surface area (TPSA) is 59.9 Å². The fourth-order valence-electron chi connectivity index (χ4n) is 5.10. The van der Waals surface area contributed by atoms with Crippen LogP contribution in [0.5, 0.6) is 11.5 Å². The zero-order chi connectivity index (χ0) is 29.5. The molecule has 4 aromatic rings. The fraction of sp³-hybridized carbons (Fsp3) is 0.257. The number of nitrogens with one attached hydrogen (secondary N) is 1. The predicted molar refractivity (Wildman–Crippen MR) is 175 cm³/mol. The number of amides is 1. The van der Waals surface area contributed by atoms with Crippen molar-refractivity contribution in [3.05, 3.63) is 117 Å². The summed E-state index contributed by atoms with van der Waals surface area (Å²) in [5.41, 5.74) is 6.43. The van der Waals surface area contributed by atoms with Crippen molar-refractivity contribution in [1.82, 2.24) is 0 Å². The van der Waals surface area contributed by atoms with Crippen LogP contribution in [0.25, 0.3) is 0 Å². The Kier molecular flexibility index (Phi) is 9.78. The van der Waals surface area contributed by atoms with E-state index in [1.807, 2.05) is 86.8 Å². The number of aryl methyl sites for hydroxylation is 2. The zero-order valence-electron chi connectivity index (χ0n) is 24.0. The van der Waals surface area contributed by atoms with E-state index in [0.717, 1.165) is 64.2 Å². The highest BCUT2D eigenvalue weighted by molar-refractivity contribution is 7.16. The van der Waals surface area contributed by atoms with Gasteiger partial charge in [-0.2, -0.15) is 0 Å². The van der Waals surface area contributed by atoms with Crippen LogP contribution in [-0.4, -0.2) is 18.7 Å². The van der Waals surface area contributed by atoms with E-state index in [2.05, 4.69) is 11.9 Å². The van der Waals surface area contributed by atoms with Gasteiger partial charge in [-0.05, 0) is 87.4 Å². The molecule has 42 heavy (non-hydrogen) atoms. The molecular weight excluding hydrogens is 564 g/mol. The third-order valence-corrected chi connectivity index (χ3v) is 8.74. The molecule has 0 spiro atoms. The van der Waals surface area contributed by atoms with Crippen molar-refractivity contribution in [3.8, 4) is 11.5 Å². The Morgan fingerprint density at radius 2 is 1.86 bits per heavy atom. The van der Waals surface area contributed by atoms with Gasteiger partial charge in [-0.3, -0.25) is 4.79 Å². The van der Waals surface area contributed by atoms with Crippen molar-refractivity contribution in [2.75, 3.05) is 11.9 Å². The predicted octanol–water partition coefficient (Wildman–Crippen LogP) is 9.30. The van der Waals surface area contributed by atoms with E-state index in [1.165, 1.54) is 4.88 Å². The molecular formula is C35H35ClN2O3S. The molecule has 0 fully saturated rings. The molecule has 5 rings (SSSR count). The van der Waals surface area contributed by atoms with Gasteiger partial charge in [-0.25, -0.2) is 4.99 Å². The van der Waals surface area contributed by atoms with Gasteiger partial charge in [0, 0.05) is 32.9 Å². The summed E-state index contributed by atoms with van der Waals surface area (Å²) in [6.07, 6.45) is 8.34. The molecule has 0 aliphatic heterocycles. The van der Waals surface area contributed by atoms with Crippen LogP contribution in [0.15, 0.2) is 78.3 Å². The number of hydrogen-bond donors (Lipinski definition) is 1. The van der Waals surface area contributed by atoms with E-state index in [4.69, 9.17) is 26.1 Å². The van der Waals surface area contributed by atoms with E-state index in [1.54, 1.807) is 11.3 Å². The van der Waals surface area contributed by atoms with Gasteiger partial charge in [0.2, 0.25) is 0 Å². The number of rotatable bonds is 11. The summed E-state index contributed by atoms with van der Waals surface area (Å²) in [7, 11) is 0. The van der Waals surface area contributed by atoms with Gasteiger partial charge in [-0.15, -0.1) is 17.9 Å². The van der Waals surface area contributed by atoms with Crippen LogP contribution < -0.4 is 14.8 Å². The Balaban J connectivity index is 1.47.